The molecule has 1 aromatic rings. The molecular weight excluding hydrogens is 132 g/mol. The third-order valence-electron chi connectivity index (χ3n) is 1.33. The van der Waals surface area contributed by atoms with E-state index in [1.807, 2.05) is 12.3 Å². The van der Waals surface area contributed by atoms with Crippen LogP contribution >= 0.6 is 11.3 Å². The van der Waals surface area contributed by atoms with Crippen LogP contribution in [0.15, 0.2) is 16.5 Å². The minimum atomic E-state index is 1.03. The van der Waals surface area contributed by atoms with Crippen LogP contribution in [0.5, 0.6) is 0 Å². The smallest absolute Gasteiger partial charge is 0.147 e. The van der Waals surface area contributed by atoms with E-state index in [1.54, 1.807) is 11.3 Å². The van der Waals surface area contributed by atoms with Crippen LogP contribution in [-0.2, 0) is 0 Å². The summed E-state index contributed by atoms with van der Waals surface area (Å²) in [5.41, 5.74) is 6.17. The van der Waals surface area contributed by atoms with Crippen LogP contribution in [0.1, 0.15) is 12.5 Å². The van der Waals surface area contributed by atoms with Gasteiger partial charge in [-0.05, 0) is 18.4 Å². The second-order valence-electron chi connectivity index (χ2n) is 1.92. The van der Waals surface area contributed by atoms with Crippen molar-refractivity contribution >= 4 is 22.0 Å². The number of hydrogen-bond donors (Lipinski definition) is 0. The first-order valence-corrected chi connectivity index (χ1v) is 3.59. The lowest BCUT2D eigenvalue weighted by Crippen LogP contribution is -1.83. The van der Waals surface area contributed by atoms with E-state index < -0.39 is 0 Å². The fourth-order valence-electron chi connectivity index (χ4n) is 0.828. The van der Waals surface area contributed by atoms with Gasteiger partial charge < -0.3 is 0 Å². The van der Waals surface area contributed by atoms with Crippen LogP contribution < -0.4 is 5.43 Å². The number of hydrogen-bond acceptors (Lipinski definition) is 2. The van der Waals surface area contributed by atoms with Gasteiger partial charge in [-0.3, -0.25) is 0 Å². The average molecular weight is 137 g/mol. The summed E-state index contributed by atoms with van der Waals surface area (Å²) in [5, 5.41) is 7.00. The topological polar surface area (TPSA) is 26.5 Å². The fraction of sp³-hybridized carbons (Fsp3) is 0.167. The lowest BCUT2D eigenvalue weighted by atomic mass is 10.2. The second-order valence-corrected chi connectivity index (χ2v) is 2.82. The number of nitrogens with zero attached hydrogens (tertiary/aromatic N) is 2. The normalized spacial score (nSPS) is 14.6. The molecule has 0 spiro atoms. The van der Waals surface area contributed by atoms with Crippen molar-refractivity contribution in [1.29, 1.82) is 0 Å². The van der Waals surface area contributed by atoms with Crippen molar-refractivity contribution in [1.82, 2.24) is 5.43 Å². The molecule has 45 valence electrons. The van der Waals surface area contributed by atoms with E-state index in [2.05, 4.69) is 16.6 Å². The summed E-state index contributed by atoms with van der Waals surface area (Å²) in [7, 11) is 0. The Morgan fingerprint density at radius 2 is 2.44 bits per heavy atom. The van der Waals surface area contributed by atoms with Gasteiger partial charge in [-0.2, -0.15) is 5.10 Å². The third kappa shape index (κ3) is 0.580. The molecule has 2 nitrogen and oxygen atoms in total. The molecule has 0 aliphatic carbocycles. The Morgan fingerprint density at radius 1 is 1.56 bits per heavy atom. The SMILES string of the molecule is CC1=N[N]c2sccc21. The minimum absolute atomic E-state index is 1.03. The van der Waals surface area contributed by atoms with Crippen molar-refractivity contribution in [3.05, 3.63) is 17.0 Å². The monoisotopic (exact) mass is 137 g/mol. The summed E-state index contributed by atoms with van der Waals surface area (Å²) in [4.78, 5) is 0. The van der Waals surface area contributed by atoms with Gasteiger partial charge in [-0.15, -0.1) is 16.8 Å². The molecule has 0 aromatic carbocycles. The predicted octanol–water partition coefficient (Wildman–Crippen LogP) is 1.72. The zero-order valence-corrected chi connectivity index (χ0v) is 5.77. The highest BCUT2D eigenvalue weighted by Crippen LogP contribution is 2.27. The van der Waals surface area contributed by atoms with Gasteiger partial charge in [-0.1, -0.05) is 0 Å². The van der Waals surface area contributed by atoms with E-state index in [0.29, 0.717) is 0 Å². The first-order chi connectivity index (χ1) is 4.38. The Morgan fingerprint density at radius 3 is 3.22 bits per heavy atom. The Bertz CT molecular complexity index is 262. The molecule has 0 unspecified atom stereocenters. The molecule has 0 saturated carbocycles. The van der Waals surface area contributed by atoms with Gasteiger partial charge in [-0.25, -0.2) is 0 Å². The number of fused-ring (bicyclic) bond motifs is 1. The summed E-state index contributed by atoms with van der Waals surface area (Å²) >= 11 is 1.63. The molecule has 0 amide bonds. The van der Waals surface area contributed by atoms with E-state index in [-0.39, 0.29) is 0 Å². The van der Waals surface area contributed by atoms with E-state index in [1.165, 1.54) is 5.56 Å². The average Bonchev–Trinajstić information content (AvgIpc) is 2.35. The lowest BCUT2D eigenvalue weighted by Gasteiger charge is -1.80. The molecule has 1 radical (unpaired) electrons. The Kier molecular flexibility index (Phi) is 0.873. The Labute approximate surface area is 57.2 Å². The number of rotatable bonds is 0. The maximum Gasteiger partial charge on any atom is 0.147 e. The summed E-state index contributed by atoms with van der Waals surface area (Å²) in [5.74, 6) is 0. The summed E-state index contributed by atoms with van der Waals surface area (Å²) < 4.78 is 0. The first-order valence-electron chi connectivity index (χ1n) is 2.71. The molecule has 1 aromatic heterocycles. The van der Waals surface area contributed by atoms with Gasteiger partial charge in [0.05, 0.1) is 5.71 Å². The number of thiophene rings is 1. The van der Waals surface area contributed by atoms with Crippen molar-refractivity contribution < 1.29 is 0 Å². The van der Waals surface area contributed by atoms with Crippen molar-refractivity contribution in [2.75, 3.05) is 0 Å². The van der Waals surface area contributed by atoms with Gasteiger partial charge in [0.1, 0.15) is 5.00 Å². The van der Waals surface area contributed by atoms with Crippen LogP contribution in [0.4, 0.5) is 5.00 Å². The van der Waals surface area contributed by atoms with Gasteiger partial charge in [0, 0.05) is 5.56 Å². The fourth-order valence-corrected chi connectivity index (χ4v) is 1.59. The standard InChI is InChI=1S/C6H5N2S/c1-4-5-2-3-9-6(5)8-7-4/h2-3H,1H3. The lowest BCUT2D eigenvalue weighted by molar-refractivity contribution is 1.00. The van der Waals surface area contributed by atoms with Crippen LogP contribution in [0, 0.1) is 0 Å². The Hall–Kier alpha value is -0.830. The van der Waals surface area contributed by atoms with E-state index >= 15 is 0 Å². The van der Waals surface area contributed by atoms with E-state index in [0.717, 1.165) is 10.7 Å². The van der Waals surface area contributed by atoms with E-state index in [4.69, 9.17) is 0 Å². The molecule has 2 rings (SSSR count). The van der Waals surface area contributed by atoms with Crippen molar-refractivity contribution in [2.45, 2.75) is 6.92 Å². The Balaban J connectivity index is 2.62. The van der Waals surface area contributed by atoms with Crippen LogP contribution in [0.3, 0.4) is 0 Å². The molecule has 2 heterocycles. The largest absolute Gasteiger partial charge is 0.154 e. The maximum atomic E-state index is 3.95. The summed E-state index contributed by atoms with van der Waals surface area (Å²) in [6.07, 6.45) is 0. The quantitative estimate of drug-likeness (QED) is 0.520. The summed E-state index contributed by atoms with van der Waals surface area (Å²) in [6.45, 7) is 1.97. The first kappa shape index (κ1) is 4.99. The maximum absolute atomic E-state index is 3.95. The molecule has 0 N–H and O–H groups in total. The molecule has 3 heteroatoms. The molecular formula is C6H5N2S. The van der Waals surface area contributed by atoms with Gasteiger partial charge in [0.25, 0.3) is 0 Å². The molecule has 1 aliphatic heterocycles. The molecule has 0 saturated heterocycles. The molecule has 9 heavy (non-hydrogen) atoms. The van der Waals surface area contributed by atoms with Crippen LogP contribution in [-0.4, -0.2) is 5.71 Å². The van der Waals surface area contributed by atoms with E-state index in [9.17, 15) is 0 Å². The highest BCUT2D eigenvalue weighted by atomic mass is 32.1. The van der Waals surface area contributed by atoms with Gasteiger partial charge in [0.2, 0.25) is 0 Å². The molecule has 1 aliphatic rings. The van der Waals surface area contributed by atoms with Crippen molar-refractivity contribution in [3.63, 3.8) is 0 Å². The van der Waals surface area contributed by atoms with Crippen molar-refractivity contribution in [3.8, 4) is 0 Å². The molecule has 0 bridgehead atoms. The summed E-state index contributed by atoms with van der Waals surface area (Å²) in [6, 6.07) is 2.05. The van der Waals surface area contributed by atoms with Gasteiger partial charge in [0.15, 0.2) is 0 Å². The highest BCUT2D eigenvalue weighted by molar-refractivity contribution is 7.14. The minimum Gasteiger partial charge on any atom is -0.154 e. The zero-order valence-electron chi connectivity index (χ0n) is 4.96. The van der Waals surface area contributed by atoms with Crippen LogP contribution in [0.2, 0.25) is 0 Å². The molecule has 0 atom stereocenters. The molecule has 0 fully saturated rings. The van der Waals surface area contributed by atoms with Gasteiger partial charge >= 0.3 is 0 Å². The van der Waals surface area contributed by atoms with Crippen LogP contribution in [0.25, 0.3) is 0 Å². The zero-order chi connectivity index (χ0) is 6.27. The predicted molar refractivity (Wildman–Crippen MR) is 38.3 cm³/mol. The second kappa shape index (κ2) is 1.57. The van der Waals surface area contributed by atoms with Crippen molar-refractivity contribution in [2.24, 2.45) is 5.10 Å². The highest BCUT2D eigenvalue weighted by Gasteiger charge is 2.13. The third-order valence-corrected chi connectivity index (χ3v) is 2.12.